The molecular formula is C13H23N3O4. The largest absolute Gasteiger partial charge is 0.395 e. The summed E-state index contributed by atoms with van der Waals surface area (Å²) in [6.45, 7) is 9.71. The van der Waals surface area contributed by atoms with Crippen molar-refractivity contribution < 1.29 is 19.2 Å². The van der Waals surface area contributed by atoms with E-state index in [9.17, 15) is 14.4 Å². The molecule has 114 valence electrons. The lowest BCUT2D eigenvalue weighted by molar-refractivity contribution is -0.148. The molecule has 0 aromatic heterocycles. The van der Waals surface area contributed by atoms with Crippen LogP contribution in [0.15, 0.2) is 5.16 Å². The highest BCUT2D eigenvalue weighted by atomic mass is 16.6. The van der Waals surface area contributed by atoms with Crippen LogP contribution in [0, 0.1) is 5.41 Å². The van der Waals surface area contributed by atoms with Gasteiger partial charge in [0, 0.05) is 13.5 Å². The van der Waals surface area contributed by atoms with Crippen LogP contribution in [0.3, 0.4) is 0 Å². The molecule has 1 N–H and O–H groups in total. The number of urea groups is 1. The number of hydrogen-bond acceptors (Lipinski definition) is 5. The maximum atomic E-state index is 11.3. The summed E-state index contributed by atoms with van der Waals surface area (Å²) in [7, 11) is 1.34. The topological polar surface area (TPSA) is 88.1 Å². The highest BCUT2D eigenvalue weighted by Gasteiger charge is 2.45. The van der Waals surface area contributed by atoms with Gasteiger partial charge in [-0.3, -0.25) is 19.8 Å². The van der Waals surface area contributed by atoms with Gasteiger partial charge in [0.25, 0.3) is 0 Å². The van der Waals surface area contributed by atoms with Crippen LogP contribution in [0.1, 0.15) is 41.0 Å². The van der Waals surface area contributed by atoms with Gasteiger partial charge in [0.05, 0.1) is 5.71 Å². The molecule has 0 aromatic rings. The first kappa shape index (κ1) is 18.1. The molecule has 0 spiro atoms. The molecule has 0 saturated carbocycles. The predicted molar refractivity (Wildman–Crippen MR) is 75.1 cm³/mol. The Hall–Kier alpha value is -1.92. The van der Waals surface area contributed by atoms with Gasteiger partial charge >= 0.3 is 6.03 Å². The molecule has 1 fully saturated rings. The summed E-state index contributed by atoms with van der Waals surface area (Å²) in [6.07, 6.45) is 1.01. The van der Waals surface area contributed by atoms with E-state index in [4.69, 9.17) is 0 Å². The molecule has 0 unspecified atom stereocenters. The number of rotatable bonds is 0. The zero-order valence-electron chi connectivity index (χ0n) is 12.9. The van der Waals surface area contributed by atoms with Gasteiger partial charge in [-0.1, -0.05) is 19.0 Å². The van der Waals surface area contributed by atoms with Crippen molar-refractivity contribution in [2.24, 2.45) is 10.6 Å². The number of imide groups is 2. The highest BCUT2D eigenvalue weighted by Crippen LogP contribution is 2.21. The Morgan fingerprint density at radius 3 is 2.15 bits per heavy atom. The molecule has 2 aliphatic heterocycles. The minimum Gasteiger partial charge on any atom is -0.395 e. The molecule has 1 saturated heterocycles. The third-order valence-electron chi connectivity index (χ3n) is 2.71. The molecule has 0 aliphatic carbocycles. The number of hydrogen-bond donors (Lipinski definition) is 1. The van der Waals surface area contributed by atoms with Crippen LogP contribution >= 0.6 is 0 Å². The van der Waals surface area contributed by atoms with Gasteiger partial charge in [0.15, 0.2) is 0 Å². The zero-order valence-corrected chi connectivity index (χ0v) is 12.9. The maximum Gasteiger partial charge on any atom is 0.330 e. The fraction of sp³-hybridized carbons (Fsp3) is 0.692. The summed E-state index contributed by atoms with van der Waals surface area (Å²) >= 11 is 0. The average molecular weight is 285 g/mol. The van der Waals surface area contributed by atoms with Gasteiger partial charge in [-0.15, -0.1) is 0 Å². The molecule has 2 aliphatic rings. The van der Waals surface area contributed by atoms with Gasteiger partial charge in [-0.25, -0.2) is 4.79 Å². The van der Waals surface area contributed by atoms with E-state index in [0.29, 0.717) is 0 Å². The van der Waals surface area contributed by atoms with Crippen molar-refractivity contribution in [3.05, 3.63) is 0 Å². The summed E-state index contributed by atoms with van der Waals surface area (Å²) in [5, 5.41) is 5.73. The Kier molecular flexibility index (Phi) is 6.89. The number of carbonyl (C=O) groups is 3. The van der Waals surface area contributed by atoms with Crippen molar-refractivity contribution in [2.75, 3.05) is 13.7 Å². The molecule has 0 atom stereocenters. The van der Waals surface area contributed by atoms with Crippen molar-refractivity contribution in [1.29, 1.82) is 0 Å². The van der Waals surface area contributed by atoms with Gasteiger partial charge in [-0.2, -0.15) is 0 Å². The molecule has 0 radical (unpaired) electrons. The Balaban J connectivity index is 0.000000377. The van der Waals surface area contributed by atoms with Crippen LogP contribution in [-0.4, -0.2) is 42.1 Å². The van der Waals surface area contributed by atoms with Crippen molar-refractivity contribution in [2.45, 2.75) is 41.0 Å². The van der Waals surface area contributed by atoms with Crippen LogP contribution in [0.2, 0.25) is 0 Å². The molecular weight excluding hydrogens is 262 g/mol. The third-order valence-corrected chi connectivity index (χ3v) is 2.71. The molecule has 20 heavy (non-hydrogen) atoms. The van der Waals surface area contributed by atoms with Crippen LogP contribution in [0.5, 0.6) is 0 Å². The van der Waals surface area contributed by atoms with Crippen LogP contribution < -0.4 is 5.32 Å². The Bertz CT molecular complexity index is 416. The molecule has 2 heterocycles. The van der Waals surface area contributed by atoms with E-state index >= 15 is 0 Å². The minimum atomic E-state index is -1.14. The van der Waals surface area contributed by atoms with E-state index in [0.717, 1.165) is 23.6 Å². The maximum absolute atomic E-state index is 11.3. The zero-order chi connectivity index (χ0) is 15.9. The predicted octanol–water partition coefficient (Wildman–Crippen LogP) is 1.53. The van der Waals surface area contributed by atoms with Crippen LogP contribution in [-0.2, 0) is 14.4 Å². The number of carbonyl (C=O) groups excluding carboxylic acids is 3. The molecule has 2 rings (SSSR count). The van der Waals surface area contributed by atoms with Crippen molar-refractivity contribution in [1.82, 2.24) is 10.2 Å². The van der Waals surface area contributed by atoms with E-state index < -0.39 is 23.3 Å². The van der Waals surface area contributed by atoms with Gasteiger partial charge in [0.1, 0.15) is 12.0 Å². The quantitative estimate of drug-likeness (QED) is 0.684. The summed E-state index contributed by atoms with van der Waals surface area (Å²) in [5.41, 5.74) is -0.0298. The Labute approximate surface area is 119 Å². The van der Waals surface area contributed by atoms with E-state index in [-0.39, 0.29) is 0 Å². The average Bonchev–Trinajstić information content (AvgIpc) is 2.89. The highest BCUT2D eigenvalue weighted by molar-refractivity contribution is 6.18. The number of nitrogens with one attached hydrogen (secondary N) is 1. The first-order chi connectivity index (χ1) is 9.26. The molecule has 4 amide bonds. The first-order valence-electron chi connectivity index (χ1n) is 6.56. The third kappa shape index (κ3) is 4.32. The normalized spacial score (nSPS) is 19.8. The second-order valence-corrected chi connectivity index (χ2v) is 4.66. The second-order valence-electron chi connectivity index (χ2n) is 4.66. The van der Waals surface area contributed by atoms with Crippen LogP contribution in [0.4, 0.5) is 4.79 Å². The molecule has 7 heteroatoms. The van der Waals surface area contributed by atoms with Crippen molar-refractivity contribution in [3.8, 4) is 0 Å². The van der Waals surface area contributed by atoms with E-state index in [1.807, 2.05) is 20.8 Å². The van der Waals surface area contributed by atoms with Gasteiger partial charge in [-0.05, 0) is 20.8 Å². The smallest absolute Gasteiger partial charge is 0.330 e. The number of barbiturate groups is 1. The standard InChI is InChI=1S/C7H10N2O3.C4H7NO.C2H6/c1-7(2)4(10)8-6(12)9(3)5(7)11;1-4-2-3-6-5-4;1-2/h1-3H3,(H,8,10,12);2-3H2,1H3;1-2H3. The second kappa shape index (κ2) is 7.62. The molecule has 0 aromatic carbocycles. The van der Waals surface area contributed by atoms with Gasteiger partial charge in [0.2, 0.25) is 11.8 Å². The van der Waals surface area contributed by atoms with E-state index in [1.165, 1.54) is 20.9 Å². The lowest BCUT2D eigenvalue weighted by Gasteiger charge is -2.31. The molecule has 0 bridgehead atoms. The summed E-state index contributed by atoms with van der Waals surface area (Å²) in [6, 6.07) is -0.663. The van der Waals surface area contributed by atoms with Crippen molar-refractivity contribution in [3.63, 3.8) is 0 Å². The summed E-state index contributed by atoms with van der Waals surface area (Å²) < 4.78 is 0. The summed E-state index contributed by atoms with van der Waals surface area (Å²) in [5.74, 6) is -1.02. The lowest BCUT2D eigenvalue weighted by Crippen LogP contribution is -2.60. The number of amides is 4. The van der Waals surface area contributed by atoms with Crippen LogP contribution in [0.25, 0.3) is 0 Å². The number of nitrogens with zero attached hydrogens (tertiary/aromatic N) is 2. The molecule has 7 nitrogen and oxygen atoms in total. The van der Waals surface area contributed by atoms with E-state index in [1.54, 1.807) is 0 Å². The minimum absolute atomic E-state index is 0.476. The number of oxime groups is 1. The fourth-order valence-corrected chi connectivity index (χ4v) is 1.34. The van der Waals surface area contributed by atoms with E-state index in [2.05, 4.69) is 15.3 Å². The van der Waals surface area contributed by atoms with Gasteiger partial charge < -0.3 is 4.84 Å². The first-order valence-corrected chi connectivity index (χ1v) is 6.56. The SMILES string of the molecule is CC.CC1=NOCC1.CN1C(=O)NC(=O)C(C)(C)C1=O. The fourth-order valence-electron chi connectivity index (χ4n) is 1.34. The Morgan fingerprint density at radius 2 is 1.80 bits per heavy atom. The Morgan fingerprint density at radius 1 is 1.25 bits per heavy atom. The lowest BCUT2D eigenvalue weighted by atomic mass is 9.89. The summed E-state index contributed by atoms with van der Waals surface area (Å²) in [4.78, 5) is 38.8. The van der Waals surface area contributed by atoms with Crippen molar-refractivity contribution >= 4 is 23.6 Å². The monoisotopic (exact) mass is 285 g/mol.